The highest BCUT2D eigenvalue weighted by Crippen LogP contribution is 2.40. The number of anilines is 1. The number of para-hydroxylation sites is 1. The second-order valence-corrected chi connectivity index (χ2v) is 5.38. The predicted octanol–water partition coefficient (Wildman–Crippen LogP) is 3.43. The summed E-state index contributed by atoms with van der Waals surface area (Å²) in [5.74, 6) is 1.62. The molecule has 24 heavy (non-hydrogen) atoms. The second-order valence-electron chi connectivity index (χ2n) is 5.38. The van der Waals surface area contributed by atoms with Crippen LogP contribution in [-0.4, -0.2) is 26.2 Å². The number of amides is 1. The van der Waals surface area contributed by atoms with Crippen LogP contribution in [0.1, 0.15) is 11.1 Å². The molecule has 1 aliphatic heterocycles. The van der Waals surface area contributed by atoms with Crippen molar-refractivity contribution in [2.24, 2.45) is 0 Å². The minimum Gasteiger partial charge on any atom is -0.493 e. The minimum atomic E-state index is -0.196. The Morgan fingerprint density at radius 2 is 2.00 bits per heavy atom. The van der Waals surface area contributed by atoms with Crippen LogP contribution in [0.25, 0.3) is 6.08 Å². The summed E-state index contributed by atoms with van der Waals surface area (Å²) >= 11 is 0. The Bertz CT molecular complexity index is 766. The van der Waals surface area contributed by atoms with Gasteiger partial charge in [-0.3, -0.25) is 4.79 Å². The van der Waals surface area contributed by atoms with Gasteiger partial charge in [0.2, 0.25) is 11.7 Å². The predicted molar refractivity (Wildman–Crippen MR) is 92.8 cm³/mol. The molecule has 5 nitrogen and oxygen atoms in total. The lowest BCUT2D eigenvalue weighted by molar-refractivity contribution is -0.111. The Morgan fingerprint density at radius 3 is 2.79 bits per heavy atom. The topological polar surface area (TPSA) is 56.8 Å². The number of hydrogen-bond acceptors (Lipinski definition) is 4. The van der Waals surface area contributed by atoms with Crippen molar-refractivity contribution in [3.8, 4) is 17.2 Å². The Balaban J connectivity index is 1.76. The van der Waals surface area contributed by atoms with Crippen LogP contribution in [0.4, 0.5) is 5.69 Å². The summed E-state index contributed by atoms with van der Waals surface area (Å²) in [6, 6.07) is 11.3. The Hall–Kier alpha value is -2.95. The average molecular weight is 325 g/mol. The van der Waals surface area contributed by atoms with E-state index in [9.17, 15) is 4.79 Å². The second kappa shape index (κ2) is 7.08. The van der Waals surface area contributed by atoms with Crippen molar-refractivity contribution in [3.63, 3.8) is 0 Å². The maximum atomic E-state index is 12.1. The number of fused-ring (bicyclic) bond motifs is 1. The van der Waals surface area contributed by atoms with Crippen LogP contribution in [0, 0.1) is 6.92 Å². The van der Waals surface area contributed by atoms with E-state index < -0.39 is 0 Å². The number of aryl methyl sites for hydroxylation is 1. The van der Waals surface area contributed by atoms with E-state index in [1.54, 1.807) is 13.2 Å². The third-order valence-corrected chi connectivity index (χ3v) is 3.68. The van der Waals surface area contributed by atoms with Crippen molar-refractivity contribution in [3.05, 3.63) is 53.6 Å². The first kappa shape index (κ1) is 15.9. The van der Waals surface area contributed by atoms with Crippen molar-refractivity contribution in [2.75, 3.05) is 25.6 Å². The molecule has 0 bridgehead atoms. The van der Waals surface area contributed by atoms with Gasteiger partial charge < -0.3 is 19.5 Å². The van der Waals surface area contributed by atoms with E-state index in [2.05, 4.69) is 5.32 Å². The van der Waals surface area contributed by atoms with Gasteiger partial charge in [-0.15, -0.1) is 0 Å². The molecule has 0 spiro atoms. The lowest BCUT2D eigenvalue weighted by atomic mass is 10.1. The Kier molecular flexibility index (Phi) is 4.70. The molecule has 0 unspecified atom stereocenters. The monoisotopic (exact) mass is 325 g/mol. The van der Waals surface area contributed by atoms with Crippen LogP contribution < -0.4 is 19.5 Å². The molecule has 1 heterocycles. The first-order valence-corrected chi connectivity index (χ1v) is 7.69. The molecule has 1 amide bonds. The number of nitrogens with one attached hydrogen (secondary N) is 1. The van der Waals surface area contributed by atoms with Crippen LogP contribution in [-0.2, 0) is 4.79 Å². The summed E-state index contributed by atoms with van der Waals surface area (Å²) < 4.78 is 16.5. The van der Waals surface area contributed by atoms with Gasteiger partial charge in [0.25, 0.3) is 0 Å². The third kappa shape index (κ3) is 3.51. The molecule has 0 aromatic heterocycles. The molecule has 124 valence electrons. The highest BCUT2D eigenvalue weighted by molar-refractivity contribution is 6.02. The van der Waals surface area contributed by atoms with E-state index in [1.165, 1.54) is 6.08 Å². The molecule has 2 aromatic carbocycles. The lowest BCUT2D eigenvalue weighted by Crippen LogP contribution is -2.16. The van der Waals surface area contributed by atoms with Gasteiger partial charge in [-0.25, -0.2) is 0 Å². The largest absolute Gasteiger partial charge is 0.493 e. The number of benzene rings is 2. The summed E-state index contributed by atoms with van der Waals surface area (Å²) in [5.41, 5.74) is 2.61. The van der Waals surface area contributed by atoms with Gasteiger partial charge in [0.05, 0.1) is 7.11 Å². The molecule has 1 N–H and O–H groups in total. The quantitative estimate of drug-likeness (QED) is 0.875. The summed E-state index contributed by atoms with van der Waals surface area (Å²) in [5, 5.41) is 2.86. The molecule has 3 rings (SSSR count). The summed E-state index contributed by atoms with van der Waals surface area (Å²) in [7, 11) is 1.58. The summed E-state index contributed by atoms with van der Waals surface area (Å²) in [6.45, 7) is 2.94. The molecular formula is C19H19NO4. The zero-order valence-corrected chi connectivity index (χ0v) is 13.7. The highest BCUT2D eigenvalue weighted by atomic mass is 16.6. The first-order valence-electron chi connectivity index (χ1n) is 7.69. The van der Waals surface area contributed by atoms with Gasteiger partial charge in [0.15, 0.2) is 11.5 Å². The molecule has 1 aliphatic rings. The molecule has 2 aromatic rings. The van der Waals surface area contributed by atoms with Crippen molar-refractivity contribution in [1.82, 2.24) is 0 Å². The minimum absolute atomic E-state index is 0.196. The highest BCUT2D eigenvalue weighted by Gasteiger charge is 2.17. The number of ether oxygens (including phenoxy) is 3. The molecule has 0 radical (unpaired) electrons. The van der Waals surface area contributed by atoms with Gasteiger partial charge in [0.1, 0.15) is 13.2 Å². The smallest absolute Gasteiger partial charge is 0.248 e. The lowest BCUT2D eigenvalue weighted by Gasteiger charge is -2.20. The van der Waals surface area contributed by atoms with E-state index in [-0.39, 0.29) is 5.91 Å². The van der Waals surface area contributed by atoms with Gasteiger partial charge in [-0.05, 0) is 42.3 Å². The fourth-order valence-corrected chi connectivity index (χ4v) is 2.45. The molecule has 5 heteroatoms. The number of carbonyl (C=O) groups is 1. The summed E-state index contributed by atoms with van der Waals surface area (Å²) in [6.07, 6.45) is 3.20. The average Bonchev–Trinajstić information content (AvgIpc) is 2.61. The Morgan fingerprint density at radius 1 is 1.21 bits per heavy atom. The molecular weight excluding hydrogens is 306 g/mol. The fourth-order valence-electron chi connectivity index (χ4n) is 2.45. The Labute approximate surface area is 140 Å². The maximum Gasteiger partial charge on any atom is 0.248 e. The van der Waals surface area contributed by atoms with E-state index in [0.29, 0.717) is 30.5 Å². The molecule has 0 saturated carbocycles. The van der Waals surface area contributed by atoms with Crippen LogP contribution in [0.3, 0.4) is 0 Å². The molecule has 0 fully saturated rings. The van der Waals surface area contributed by atoms with Crippen molar-refractivity contribution >= 4 is 17.7 Å². The molecule has 0 aliphatic carbocycles. The van der Waals surface area contributed by atoms with Crippen LogP contribution in [0.5, 0.6) is 17.2 Å². The van der Waals surface area contributed by atoms with Crippen LogP contribution in [0.15, 0.2) is 42.5 Å². The van der Waals surface area contributed by atoms with Crippen LogP contribution in [0.2, 0.25) is 0 Å². The summed E-state index contributed by atoms with van der Waals surface area (Å²) in [4.78, 5) is 12.1. The fraction of sp³-hybridized carbons (Fsp3) is 0.211. The van der Waals surface area contributed by atoms with Gasteiger partial charge in [-0.2, -0.15) is 0 Å². The SMILES string of the molecule is COc1cc(/C=C/C(=O)Nc2ccccc2C)cc2c1OCCO2. The van der Waals surface area contributed by atoms with Crippen molar-refractivity contribution in [2.45, 2.75) is 6.92 Å². The van der Waals surface area contributed by atoms with Gasteiger partial charge in [-0.1, -0.05) is 18.2 Å². The van der Waals surface area contributed by atoms with E-state index in [4.69, 9.17) is 14.2 Å². The molecule has 0 saturated heterocycles. The van der Waals surface area contributed by atoms with E-state index in [1.807, 2.05) is 43.3 Å². The van der Waals surface area contributed by atoms with E-state index in [0.717, 1.165) is 16.8 Å². The number of hydrogen-bond donors (Lipinski definition) is 1. The maximum absolute atomic E-state index is 12.1. The van der Waals surface area contributed by atoms with Crippen molar-refractivity contribution < 1.29 is 19.0 Å². The third-order valence-electron chi connectivity index (χ3n) is 3.68. The van der Waals surface area contributed by atoms with E-state index >= 15 is 0 Å². The zero-order chi connectivity index (χ0) is 16.9. The normalized spacial score (nSPS) is 12.9. The zero-order valence-electron chi connectivity index (χ0n) is 13.7. The molecule has 0 atom stereocenters. The van der Waals surface area contributed by atoms with Crippen LogP contribution >= 0.6 is 0 Å². The van der Waals surface area contributed by atoms with Gasteiger partial charge >= 0.3 is 0 Å². The van der Waals surface area contributed by atoms with Gasteiger partial charge in [0, 0.05) is 11.8 Å². The first-order chi connectivity index (χ1) is 11.7. The number of methoxy groups -OCH3 is 1. The number of carbonyl (C=O) groups excluding carboxylic acids is 1. The standard InChI is InChI=1S/C19H19NO4/c1-13-5-3-4-6-15(13)20-18(21)8-7-14-11-16(22-2)19-17(12-14)23-9-10-24-19/h3-8,11-12H,9-10H2,1-2H3,(H,20,21)/b8-7+. The van der Waals surface area contributed by atoms with Crippen molar-refractivity contribution in [1.29, 1.82) is 0 Å². The number of rotatable bonds is 4.